The summed E-state index contributed by atoms with van der Waals surface area (Å²) < 4.78 is 0.973. The lowest BCUT2D eigenvalue weighted by molar-refractivity contribution is -0.123. The first-order valence-corrected chi connectivity index (χ1v) is 9.52. The second-order valence-corrected chi connectivity index (χ2v) is 8.42. The second-order valence-electron chi connectivity index (χ2n) is 6.63. The molecule has 1 unspecified atom stereocenters. The molecule has 26 heavy (non-hydrogen) atoms. The fourth-order valence-electron chi connectivity index (χ4n) is 3.15. The van der Waals surface area contributed by atoms with Crippen molar-refractivity contribution in [3.05, 3.63) is 62.0 Å². The van der Waals surface area contributed by atoms with E-state index in [-0.39, 0.29) is 5.91 Å². The van der Waals surface area contributed by atoms with Gasteiger partial charge in [0.05, 0.1) is 5.69 Å². The third kappa shape index (κ3) is 3.24. The number of carbonyl (C=O) groups excluding carboxylic acids is 2. The van der Waals surface area contributed by atoms with Crippen molar-refractivity contribution >= 4 is 56.8 Å². The molecule has 0 N–H and O–H groups in total. The largest absolute Gasteiger partial charge is 0.332 e. The van der Waals surface area contributed by atoms with Crippen LogP contribution in [0.5, 0.6) is 0 Å². The maximum atomic E-state index is 13.2. The third-order valence-electron chi connectivity index (χ3n) is 4.83. The molecule has 2 aromatic carbocycles. The Hall–Kier alpha value is -1.56. The Kier molecular flexibility index (Phi) is 5.08. The molecule has 1 saturated heterocycles. The summed E-state index contributed by atoms with van der Waals surface area (Å²) >= 11 is 15.5. The first kappa shape index (κ1) is 19.2. The van der Waals surface area contributed by atoms with Crippen LogP contribution in [0.4, 0.5) is 10.5 Å². The molecule has 3 amide bonds. The molecular formula is C19H17BrCl2N2O2. The van der Waals surface area contributed by atoms with E-state index >= 15 is 0 Å². The summed E-state index contributed by atoms with van der Waals surface area (Å²) in [5.74, 6) is -0.300. The van der Waals surface area contributed by atoms with E-state index in [4.69, 9.17) is 23.2 Å². The smallest absolute Gasteiger partial charge is 0.312 e. The maximum Gasteiger partial charge on any atom is 0.332 e. The van der Waals surface area contributed by atoms with E-state index in [1.165, 1.54) is 4.90 Å². The van der Waals surface area contributed by atoms with Gasteiger partial charge in [-0.3, -0.25) is 4.79 Å². The Morgan fingerprint density at radius 2 is 1.69 bits per heavy atom. The predicted molar refractivity (Wildman–Crippen MR) is 108 cm³/mol. The van der Waals surface area contributed by atoms with Gasteiger partial charge in [-0.25, -0.2) is 9.69 Å². The van der Waals surface area contributed by atoms with Gasteiger partial charge in [0.15, 0.2) is 0 Å². The molecule has 1 fully saturated rings. The van der Waals surface area contributed by atoms with E-state index < -0.39 is 11.6 Å². The molecular weight excluding hydrogens is 439 g/mol. The SMILES string of the molecule is Cc1cc(Br)ccc1CC1(C)C(=O)N(c2cc(Cl)cc(Cl)c2)C(=O)N1C. The lowest BCUT2D eigenvalue weighted by atomic mass is 9.89. The van der Waals surface area contributed by atoms with Gasteiger partial charge in [-0.15, -0.1) is 0 Å². The van der Waals surface area contributed by atoms with Crippen LogP contribution in [0.3, 0.4) is 0 Å². The number of hydrogen-bond donors (Lipinski definition) is 0. The van der Waals surface area contributed by atoms with Crippen LogP contribution < -0.4 is 4.90 Å². The maximum absolute atomic E-state index is 13.2. The standard InChI is InChI=1S/C19H17BrCl2N2O2/c1-11-6-13(20)5-4-12(11)10-19(2)17(25)24(18(26)23(19)3)16-8-14(21)7-15(22)9-16/h4-9H,10H2,1-3H3. The van der Waals surface area contributed by atoms with E-state index in [1.54, 1.807) is 32.2 Å². The Labute approximate surface area is 170 Å². The Morgan fingerprint density at radius 3 is 2.27 bits per heavy atom. The molecule has 3 rings (SSSR count). The van der Waals surface area contributed by atoms with Crippen LogP contribution in [0.2, 0.25) is 10.0 Å². The number of halogens is 3. The fraction of sp³-hybridized carbons (Fsp3) is 0.263. The van der Waals surface area contributed by atoms with E-state index in [9.17, 15) is 9.59 Å². The highest BCUT2D eigenvalue weighted by Gasteiger charge is 2.53. The van der Waals surface area contributed by atoms with Gasteiger partial charge in [0, 0.05) is 28.0 Å². The number of carbonyl (C=O) groups is 2. The molecule has 0 aliphatic carbocycles. The van der Waals surface area contributed by atoms with Gasteiger partial charge >= 0.3 is 6.03 Å². The quantitative estimate of drug-likeness (QED) is 0.576. The van der Waals surface area contributed by atoms with E-state index in [1.807, 2.05) is 25.1 Å². The molecule has 0 aromatic heterocycles. The molecule has 7 heteroatoms. The summed E-state index contributed by atoms with van der Waals surface area (Å²) in [5, 5.41) is 0.737. The zero-order valence-corrected chi connectivity index (χ0v) is 17.6. The highest BCUT2D eigenvalue weighted by molar-refractivity contribution is 9.10. The van der Waals surface area contributed by atoms with E-state index in [0.717, 1.165) is 20.5 Å². The Balaban J connectivity index is 2.01. The summed E-state index contributed by atoms with van der Waals surface area (Å²) in [5.41, 5.74) is 1.44. The first-order chi connectivity index (χ1) is 12.1. The molecule has 0 saturated carbocycles. The van der Waals surface area contributed by atoms with E-state index in [0.29, 0.717) is 22.2 Å². The van der Waals surface area contributed by atoms with Crippen LogP contribution in [0.25, 0.3) is 0 Å². The molecule has 0 radical (unpaired) electrons. The number of amides is 3. The van der Waals surface area contributed by atoms with Crippen molar-refractivity contribution in [2.24, 2.45) is 0 Å². The number of benzene rings is 2. The highest BCUT2D eigenvalue weighted by Crippen LogP contribution is 2.36. The summed E-state index contributed by atoms with van der Waals surface area (Å²) in [7, 11) is 1.64. The predicted octanol–water partition coefficient (Wildman–Crippen LogP) is 5.46. The van der Waals surface area contributed by atoms with Crippen LogP contribution >= 0.6 is 39.1 Å². The highest BCUT2D eigenvalue weighted by atomic mass is 79.9. The van der Waals surface area contributed by atoms with Gasteiger partial charge in [0.25, 0.3) is 5.91 Å². The molecule has 4 nitrogen and oxygen atoms in total. The zero-order chi connectivity index (χ0) is 19.2. The minimum absolute atomic E-state index is 0.300. The molecule has 136 valence electrons. The van der Waals surface area contributed by atoms with Crippen LogP contribution in [0, 0.1) is 6.92 Å². The Bertz CT molecular complexity index is 898. The zero-order valence-electron chi connectivity index (χ0n) is 14.5. The number of aryl methyl sites for hydroxylation is 1. The number of hydrogen-bond acceptors (Lipinski definition) is 2. The normalized spacial score (nSPS) is 20.2. The molecule has 2 aromatic rings. The number of rotatable bonds is 3. The van der Waals surface area contributed by atoms with E-state index in [2.05, 4.69) is 15.9 Å². The number of imide groups is 1. The van der Waals surface area contributed by atoms with Gasteiger partial charge in [-0.2, -0.15) is 0 Å². The van der Waals surface area contributed by atoms with Gasteiger partial charge in [0.1, 0.15) is 5.54 Å². The number of urea groups is 1. The number of likely N-dealkylation sites (N-methyl/N-ethyl adjacent to an activating group) is 1. The topological polar surface area (TPSA) is 40.6 Å². The number of nitrogens with zero attached hydrogens (tertiary/aromatic N) is 2. The van der Waals surface area contributed by atoms with Gasteiger partial charge < -0.3 is 4.90 Å². The molecule has 1 aliphatic rings. The van der Waals surface area contributed by atoms with Crippen LogP contribution in [0.1, 0.15) is 18.1 Å². The van der Waals surface area contributed by atoms with Crippen LogP contribution in [-0.2, 0) is 11.2 Å². The lowest BCUT2D eigenvalue weighted by Gasteiger charge is -2.29. The average Bonchev–Trinajstić information content (AvgIpc) is 2.70. The van der Waals surface area contributed by atoms with Crippen LogP contribution in [0.15, 0.2) is 40.9 Å². The molecule has 0 spiro atoms. The van der Waals surface area contributed by atoms with Gasteiger partial charge in [0.2, 0.25) is 0 Å². The average molecular weight is 456 g/mol. The van der Waals surface area contributed by atoms with Crippen molar-refractivity contribution in [1.82, 2.24) is 4.90 Å². The van der Waals surface area contributed by atoms with Crippen molar-refractivity contribution in [3.8, 4) is 0 Å². The molecule has 0 bridgehead atoms. The first-order valence-electron chi connectivity index (χ1n) is 7.97. The molecule has 1 aliphatic heterocycles. The van der Waals surface area contributed by atoms with Crippen molar-refractivity contribution in [3.63, 3.8) is 0 Å². The van der Waals surface area contributed by atoms with Crippen LogP contribution in [-0.4, -0.2) is 29.4 Å². The van der Waals surface area contributed by atoms with Crippen molar-refractivity contribution in [1.29, 1.82) is 0 Å². The summed E-state index contributed by atoms with van der Waals surface area (Å²) in [4.78, 5) is 28.7. The van der Waals surface area contributed by atoms with Crippen molar-refractivity contribution in [2.45, 2.75) is 25.8 Å². The number of anilines is 1. The van der Waals surface area contributed by atoms with Crippen molar-refractivity contribution < 1.29 is 9.59 Å². The molecule has 1 atom stereocenters. The fourth-order valence-corrected chi connectivity index (χ4v) is 4.14. The Morgan fingerprint density at radius 1 is 1.08 bits per heavy atom. The monoisotopic (exact) mass is 454 g/mol. The minimum Gasteiger partial charge on any atom is -0.312 e. The lowest BCUT2D eigenvalue weighted by Crippen LogP contribution is -2.47. The third-order valence-corrected chi connectivity index (χ3v) is 5.76. The summed E-state index contributed by atoms with van der Waals surface area (Å²) in [6.07, 6.45) is 0.415. The summed E-state index contributed by atoms with van der Waals surface area (Å²) in [6.45, 7) is 3.76. The molecule has 1 heterocycles. The summed E-state index contributed by atoms with van der Waals surface area (Å²) in [6, 6.07) is 10.2. The van der Waals surface area contributed by atoms with Crippen molar-refractivity contribution in [2.75, 3.05) is 11.9 Å². The van der Waals surface area contributed by atoms with Gasteiger partial charge in [-0.1, -0.05) is 45.2 Å². The van der Waals surface area contributed by atoms with Gasteiger partial charge in [-0.05, 0) is 55.3 Å². The second kappa shape index (κ2) is 6.87. The minimum atomic E-state index is -0.996.